The molecule has 0 aliphatic carbocycles. The van der Waals surface area contributed by atoms with E-state index in [9.17, 15) is 5.11 Å². The molecule has 1 aliphatic rings. The zero-order valence-corrected chi connectivity index (χ0v) is 9.26. The lowest BCUT2D eigenvalue weighted by molar-refractivity contribution is 0.0792. The normalized spacial score (nSPS) is 18.2. The molecule has 0 radical (unpaired) electrons. The van der Waals surface area contributed by atoms with Gasteiger partial charge in [0, 0.05) is 19.6 Å². The Balaban J connectivity index is 1.96. The van der Waals surface area contributed by atoms with Gasteiger partial charge in [-0.15, -0.1) is 0 Å². The summed E-state index contributed by atoms with van der Waals surface area (Å²) in [4.78, 5) is 2.32. The first-order chi connectivity index (χ1) is 7.78. The van der Waals surface area contributed by atoms with E-state index in [2.05, 4.69) is 11.0 Å². The van der Waals surface area contributed by atoms with E-state index < -0.39 is 0 Å². The molecular weight excluding hydrogens is 200 g/mol. The van der Waals surface area contributed by atoms with Crippen LogP contribution in [-0.4, -0.2) is 29.2 Å². The summed E-state index contributed by atoms with van der Waals surface area (Å²) in [7, 11) is 0. The van der Waals surface area contributed by atoms with Gasteiger partial charge >= 0.3 is 0 Å². The molecule has 1 aliphatic heterocycles. The van der Waals surface area contributed by atoms with Crippen LogP contribution < -0.4 is 0 Å². The van der Waals surface area contributed by atoms with Gasteiger partial charge < -0.3 is 5.11 Å². The standard InChI is InChI=1S/C13H16N2O/c14-9-11-2-1-3-12(8-11)10-15-6-4-13(16)5-7-15/h1-3,8,13,16H,4-7,10H2. The third-order valence-electron chi connectivity index (χ3n) is 3.02. The molecule has 1 aromatic rings. The molecule has 1 heterocycles. The second kappa shape index (κ2) is 5.11. The highest BCUT2D eigenvalue weighted by atomic mass is 16.3. The van der Waals surface area contributed by atoms with E-state index in [-0.39, 0.29) is 6.10 Å². The monoisotopic (exact) mass is 216 g/mol. The number of rotatable bonds is 2. The average molecular weight is 216 g/mol. The molecule has 1 fully saturated rings. The number of aliphatic hydroxyl groups excluding tert-OH is 1. The molecule has 1 saturated heterocycles. The number of hydrogen-bond acceptors (Lipinski definition) is 3. The van der Waals surface area contributed by atoms with E-state index in [0.29, 0.717) is 0 Å². The first kappa shape index (κ1) is 11.1. The van der Waals surface area contributed by atoms with Gasteiger partial charge in [0.05, 0.1) is 17.7 Å². The van der Waals surface area contributed by atoms with Crippen molar-refractivity contribution < 1.29 is 5.11 Å². The van der Waals surface area contributed by atoms with Gasteiger partial charge in [-0.1, -0.05) is 12.1 Å². The summed E-state index contributed by atoms with van der Waals surface area (Å²) < 4.78 is 0. The third kappa shape index (κ3) is 2.82. The Hall–Kier alpha value is -1.37. The predicted molar refractivity (Wildman–Crippen MR) is 61.7 cm³/mol. The Bertz CT molecular complexity index is 389. The maximum Gasteiger partial charge on any atom is 0.0991 e. The Kier molecular flexibility index (Phi) is 3.55. The van der Waals surface area contributed by atoms with Crippen molar-refractivity contribution in [2.45, 2.75) is 25.5 Å². The molecule has 0 aromatic heterocycles. The van der Waals surface area contributed by atoms with E-state index in [1.807, 2.05) is 24.3 Å². The Labute approximate surface area is 95.9 Å². The average Bonchev–Trinajstić information content (AvgIpc) is 2.32. The molecule has 3 heteroatoms. The van der Waals surface area contributed by atoms with Crippen molar-refractivity contribution in [3.8, 4) is 6.07 Å². The molecule has 0 unspecified atom stereocenters. The maximum absolute atomic E-state index is 9.41. The quantitative estimate of drug-likeness (QED) is 0.815. The highest BCUT2D eigenvalue weighted by Crippen LogP contribution is 2.14. The van der Waals surface area contributed by atoms with Crippen molar-refractivity contribution >= 4 is 0 Å². The number of benzene rings is 1. The zero-order valence-electron chi connectivity index (χ0n) is 9.26. The molecule has 3 nitrogen and oxygen atoms in total. The Morgan fingerprint density at radius 3 is 2.81 bits per heavy atom. The van der Waals surface area contributed by atoms with E-state index >= 15 is 0 Å². The predicted octanol–water partition coefficient (Wildman–Crippen LogP) is 1.51. The van der Waals surface area contributed by atoms with Crippen molar-refractivity contribution in [2.75, 3.05) is 13.1 Å². The van der Waals surface area contributed by atoms with Crippen LogP contribution in [0.5, 0.6) is 0 Å². The van der Waals surface area contributed by atoms with Crippen LogP contribution in [0.3, 0.4) is 0 Å². The molecule has 0 spiro atoms. The second-order valence-corrected chi connectivity index (χ2v) is 4.32. The fourth-order valence-electron chi connectivity index (χ4n) is 2.07. The van der Waals surface area contributed by atoms with Crippen LogP contribution in [-0.2, 0) is 6.54 Å². The maximum atomic E-state index is 9.41. The van der Waals surface area contributed by atoms with Crippen LogP contribution in [0.15, 0.2) is 24.3 Å². The van der Waals surface area contributed by atoms with Gasteiger partial charge in [0.2, 0.25) is 0 Å². The van der Waals surface area contributed by atoms with Crippen LogP contribution >= 0.6 is 0 Å². The van der Waals surface area contributed by atoms with E-state index in [1.165, 1.54) is 5.56 Å². The van der Waals surface area contributed by atoms with Gasteiger partial charge in [-0.3, -0.25) is 4.90 Å². The fourth-order valence-corrected chi connectivity index (χ4v) is 2.07. The summed E-state index contributed by atoms with van der Waals surface area (Å²) in [6, 6.07) is 9.88. The first-order valence-electron chi connectivity index (χ1n) is 5.67. The number of aliphatic hydroxyl groups is 1. The van der Waals surface area contributed by atoms with Crippen LogP contribution in [0.4, 0.5) is 0 Å². The summed E-state index contributed by atoms with van der Waals surface area (Å²) in [5.41, 5.74) is 1.89. The van der Waals surface area contributed by atoms with Crippen LogP contribution in [0.1, 0.15) is 24.0 Å². The Morgan fingerprint density at radius 2 is 2.12 bits per heavy atom. The number of piperidine rings is 1. The molecule has 0 atom stereocenters. The molecule has 1 N–H and O–H groups in total. The topological polar surface area (TPSA) is 47.3 Å². The molecule has 1 aromatic carbocycles. The van der Waals surface area contributed by atoms with Crippen LogP contribution in [0.25, 0.3) is 0 Å². The van der Waals surface area contributed by atoms with Gasteiger partial charge in [-0.2, -0.15) is 5.26 Å². The van der Waals surface area contributed by atoms with Crippen LogP contribution in [0.2, 0.25) is 0 Å². The molecule has 16 heavy (non-hydrogen) atoms. The highest BCUT2D eigenvalue weighted by molar-refractivity contribution is 5.32. The van der Waals surface area contributed by atoms with Crippen LogP contribution in [0, 0.1) is 11.3 Å². The molecule has 0 saturated carbocycles. The van der Waals surface area contributed by atoms with E-state index in [1.54, 1.807) is 0 Å². The number of hydrogen-bond donors (Lipinski definition) is 1. The zero-order chi connectivity index (χ0) is 11.4. The lowest BCUT2D eigenvalue weighted by Crippen LogP contribution is -2.35. The second-order valence-electron chi connectivity index (χ2n) is 4.32. The molecule has 0 bridgehead atoms. The number of nitriles is 1. The summed E-state index contributed by atoms with van der Waals surface area (Å²) in [6.45, 7) is 2.76. The third-order valence-corrected chi connectivity index (χ3v) is 3.02. The summed E-state index contributed by atoms with van der Waals surface area (Å²) in [6.07, 6.45) is 1.59. The Morgan fingerprint density at radius 1 is 1.38 bits per heavy atom. The number of likely N-dealkylation sites (tertiary alicyclic amines) is 1. The summed E-state index contributed by atoms with van der Waals surface area (Å²) in [5, 5.41) is 18.2. The SMILES string of the molecule is N#Cc1cccc(CN2CCC(O)CC2)c1. The number of nitrogens with zero attached hydrogens (tertiary/aromatic N) is 2. The van der Waals surface area contributed by atoms with Gasteiger partial charge in [-0.25, -0.2) is 0 Å². The van der Waals surface area contributed by atoms with Gasteiger partial charge in [0.15, 0.2) is 0 Å². The molecule has 2 rings (SSSR count). The van der Waals surface area contributed by atoms with Crippen molar-refractivity contribution in [1.29, 1.82) is 5.26 Å². The van der Waals surface area contributed by atoms with Gasteiger partial charge in [0.1, 0.15) is 0 Å². The molecular formula is C13H16N2O. The molecule has 0 amide bonds. The minimum atomic E-state index is -0.123. The van der Waals surface area contributed by atoms with Crippen molar-refractivity contribution in [1.82, 2.24) is 4.90 Å². The van der Waals surface area contributed by atoms with Crippen molar-refractivity contribution in [2.24, 2.45) is 0 Å². The minimum Gasteiger partial charge on any atom is -0.393 e. The summed E-state index contributed by atoms with van der Waals surface area (Å²) in [5.74, 6) is 0. The van der Waals surface area contributed by atoms with E-state index in [0.717, 1.165) is 38.0 Å². The minimum absolute atomic E-state index is 0.123. The van der Waals surface area contributed by atoms with Crippen molar-refractivity contribution in [3.63, 3.8) is 0 Å². The smallest absolute Gasteiger partial charge is 0.0991 e. The van der Waals surface area contributed by atoms with Gasteiger partial charge in [-0.05, 0) is 30.5 Å². The lowest BCUT2D eigenvalue weighted by atomic mass is 10.1. The first-order valence-corrected chi connectivity index (χ1v) is 5.67. The lowest BCUT2D eigenvalue weighted by Gasteiger charge is -2.29. The highest BCUT2D eigenvalue weighted by Gasteiger charge is 2.16. The fraction of sp³-hybridized carbons (Fsp3) is 0.462. The van der Waals surface area contributed by atoms with Gasteiger partial charge in [0.25, 0.3) is 0 Å². The molecule has 84 valence electrons. The van der Waals surface area contributed by atoms with Crippen molar-refractivity contribution in [3.05, 3.63) is 35.4 Å². The largest absolute Gasteiger partial charge is 0.393 e. The van der Waals surface area contributed by atoms with E-state index in [4.69, 9.17) is 5.26 Å². The summed E-state index contributed by atoms with van der Waals surface area (Å²) >= 11 is 0.